The van der Waals surface area contributed by atoms with E-state index in [1.807, 2.05) is 0 Å². The van der Waals surface area contributed by atoms with Crippen LogP contribution in [0.15, 0.2) is 36.4 Å². The van der Waals surface area contributed by atoms with E-state index < -0.39 is 0 Å². The molecule has 0 fully saturated rings. The maximum Gasteiger partial charge on any atom is 0 e. The zero-order valence-corrected chi connectivity index (χ0v) is 10.2. The van der Waals surface area contributed by atoms with Crippen molar-refractivity contribution in [2.75, 3.05) is 0 Å². The van der Waals surface area contributed by atoms with Gasteiger partial charge in [-0.1, -0.05) is 30.5 Å². The largest absolute Gasteiger partial charge is 0.150 e. The maximum atomic E-state index is 3.39. The van der Waals surface area contributed by atoms with Gasteiger partial charge in [-0.25, -0.2) is 0 Å². The van der Waals surface area contributed by atoms with E-state index in [0.29, 0.717) is 0 Å². The molecular formula is C13H9Ir-. The molecule has 0 unspecified atom stereocenters. The molecule has 0 heterocycles. The molecule has 0 saturated carbocycles. The smallest absolute Gasteiger partial charge is 0 e. The van der Waals surface area contributed by atoms with Crippen LogP contribution in [0.25, 0.3) is 16.3 Å². The fourth-order valence-electron chi connectivity index (χ4n) is 2.03. The fraction of sp³-hybridized carbons (Fsp3) is 0.0769. The topological polar surface area (TPSA) is 0 Å². The van der Waals surface area contributed by atoms with Crippen LogP contribution in [-0.4, -0.2) is 0 Å². The van der Waals surface area contributed by atoms with Gasteiger partial charge in [-0.2, -0.15) is 5.56 Å². The van der Waals surface area contributed by atoms with Gasteiger partial charge in [-0.3, -0.25) is 0 Å². The first-order chi connectivity index (χ1) is 6.36. The SMILES string of the molecule is CC1=[C-]c2cccc3cccc1c23.[Ir]. The molecule has 3 rings (SSSR count). The summed E-state index contributed by atoms with van der Waals surface area (Å²) in [6.07, 6.45) is 3.39. The third-order valence-electron chi connectivity index (χ3n) is 2.63. The van der Waals surface area contributed by atoms with E-state index in [0.717, 1.165) is 0 Å². The summed E-state index contributed by atoms with van der Waals surface area (Å²) in [5, 5.41) is 2.68. The molecule has 0 nitrogen and oxygen atoms in total. The van der Waals surface area contributed by atoms with Gasteiger partial charge in [0.25, 0.3) is 0 Å². The number of hydrogen-bond donors (Lipinski definition) is 0. The van der Waals surface area contributed by atoms with Crippen LogP contribution in [0.1, 0.15) is 18.1 Å². The van der Waals surface area contributed by atoms with E-state index in [9.17, 15) is 0 Å². The van der Waals surface area contributed by atoms with Gasteiger partial charge < -0.3 is 0 Å². The zero-order valence-electron chi connectivity index (χ0n) is 7.80. The van der Waals surface area contributed by atoms with E-state index >= 15 is 0 Å². The molecule has 0 N–H and O–H groups in total. The third-order valence-corrected chi connectivity index (χ3v) is 2.63. The fourth-order valence-corrected chi connectivity index (χ4v) is 2.03. The Labute approximate surface area is 97.0 Å². The van der Waals surface area contributed by atoms with Crippen molar-refractivity contribution in [3.8, 4) is 0 Å². The quantitative estimate of drug-likeness (QED) is 0.634. The first-order valence-corrected chi connectivity index (χ1v) is 4.49. The summed E-state index contributed by atoms with van der Waals surface area (Å²) in [5.41, 5.74) is 3.84. The molecule has 1 aliphatic carbocycles. The summed E-state index contributed by atoms with van der Waals surface area (Å²) in [7, 11) is 0. The monoisotopic (exact) mass is 358 g/mol. The van der Waals surface area contributed by atoms with Gasteiger partial charge in [0.05, 0.1) is 0 Å². The van der Waals surface area contributed by atoms with Crippen molar-refractivity contribution in [1.82, 2.24) is 0 Å². The van der Waals surface area contributed by atoms with Gasteiger partial charge >= 0.3 is 0 Å². The average Bonchev–Trinajstić information content (AvgIpc) is 2.47. The molecule has 14 heavy (non-hydrogen) atoms. The molecular weight excluding hydrogens is 348 g/mol. The molecule has 0 saturated heterocycles. The molecule has 1 radical (unpaired) electrons. The van der Waals surface area contributed by atoms with E-state index in [1.54, 1.807) is 0 Å². The van der Waals surface area contributed by atoms with Gasteiger partial charge in [0.1, 0.15) is 0 Å². The van der Waals surface area contributed by atoms with Crippen molar-refractivity contribution >= 4 is 16.3 Å². The van der Waals surface area contributed by atoms with E-state index in [-0.39, 0.29) is 20.1 Å². The van der Waals surface area contributed by atoms with Crippen LogP contribution in [0.3, 0.4) is 0 Å². The Kier molecular flexibility index (Phi) is 2.30. The Bertz CT molecular complexity index is 518. The third kappa shape index (κ3) is 1.17. The second-order valence-electron chi connectivity index (χ2n) is 3.46. The Balaban J connectivity index is 0.000000750. The van der Waals surface area contributed by atoms with Crippen molar-refractivity contribution < 1.29 is 20.1 Å². The molecule has 2 aromatic carbocycles. The summed E-state index contributed by atoms with van der Waals surface area (Å²) < 4.78 is 0. The summed E-state index contributed by atoms with van der Waals surface area (Å²) >= 11 is 0. The van der Waals surface area contributed by atoms with Gasteiger partial charge in [-0.05, 0) is 0 Å². The Hall–Kier alpha value is -0.911. The molecule has 0 aliphatic heterocycles. The summed E-state index contributed by atoms with van der Waals surface area (Å²) in [4.78, 5) is 0. The van der Waals surface area contributed by atoms with Crippen molar-refractivity contribution in [2.24, 2.45) is 0 Å². The maximum absolute atomic E-state index is 3.39. The Morgan fingerprint density at radius 2 is 1.71 bits per heavy atom. The molecule has 0 atom stereocenters. The number of allylic oxidation sites excluding steroid dienone is 1. The van der Waals surface area contributed by atoms with E-state index in [1.165, 1.54) is 27.5 Å². The second-order valence-corrected chi connectivity index (χ2v) is 3.46. The number of benzene rings is 2. The van der Waals surface area contributed by atoms with Crippen molar-refractivity contribution in [2.45, 2.75) is 6.92 Å². The molecule has 1 heteroatoms. The van der Waals surface area contributed by atoms with Crippen molar-refractivity contribution in [3.63, 3.8) is 0 Å². The molecule has 71 valence electrons. The number of rotatable bonds is 0. The van der Waals surface area contributed by atoms with Crippen LogP contribution >= 0.6 is 0 Å². The standard InChI is InChI=1S/C13H9.Ir/c1-9-8-11-6-2-4-10-5-3-7-12(9)13(10)11;/h2-7H,1H3;/q-1;. The van der Waals surface area contributed by atoms with Gasteiger partial charge in [0.15, 0.2) is 0 Å². The summed E-state index contributed by atoms with van der Waals surface area (Å²) in [5.74, 6) is 0. The normalized spacial score (nSPS) is 12.5. The van der Waals surface area contributed by atoms with Crippen LogP contribution in [-0.2, 0) is 20.1 Å². The van der Waals surface area contributed by atoms with Crippen molar-refractivity contribution in [1.29, 1.82) is 0 Å². The minimum Gasteiger partial charge on any atom is -0.150 e. The van der Waals surface area contributed by atoms with E-state index in [4.69, 9.17) is 0 Å². The van der Waals surface area contributed by atoms with E-state index in [2.05, 4.69) is 49.4 Å². The average molecular weight is 357 g/mol. The van der Waals surface area contributed by atoms with Crippen LogP contribution < -0.4 is 0 Å². The molecule has 2 aromatic rings. The van der Waals surface area contributed by atoms with Crippen LogP contribution in [0.5, 0.6) is 0 Å². The van der Waals surface area contributed by atoms with Crippen molar-refractivity contribution in [3.05, 3.63) is 53.6 Å². The van der Waals surface area contributed by atoms with Gasteiger partial charge in [-0.15, -0.1) is 40.8 Å². The summed E-state index contributed by atoms with van der Waals surface area (Å²) in [6, 6.07) is 12.8. The predicted molar refractivity (Wildman–Crippen MR) is 55.4 cm³/mol. The van der Waals surface area contributed by atoms with Gasteiger partial charge in [0.2, 0.25) is 0 Å². The zero-order chi connectivity index (χ0) is 8.84. The number of hydrogen-bond acceptors (Lipinski definition) is 0. The Morgan fingerprint density at radius 3 is 2.50 bits per heavy atom. The minimum atomic E-state index is 0. The Morgan fingerprint density at radius 1 is 1.00 bits per heavy atom. The van der Waals surface area contributed by atoms with Crippen LogP contribution in [0.2, 0.25) is 0 Å². The first-order valence-electron chi connectivity index (χ1n) is 4.49. The predicted octanol–water partition coefficient (Wildman–Crippen LogP) is 3.41. The molecule has 0 amide bonds. The molecule has 1 aliphatic rings. The summed E-state index contributed by atoms with van der Waals surface area (Å²) in [6.45, 7) is 2.12. The molecule has 0 bridgehead atoms. The second kappa shape index (κ2) is 3.34. The molecule has 0 aromatic heterocycles. The minimum absolute atomic E-state index is 0. The first kappa shape index (κ1) is 9.64. The molecule has 0 spiro atoms. The van der Waals surface area contributed by atoms with Gasteiger partial charge in [0, 0.05) is 20.1 Å². The van der Waals surface area contributed by atoms with Crippen LogP contribution in [0, 0.1) is 6.08 Å². The van der Waals surface area contributed by atoms with Crippen LogP contribution in [0.4, 0.5) is 0 Å².